The average Bonchev–Trinajstić information content (AvgIpc) is 3.24. The first-order valence-electron chi connectivity index (χ1n) is 10.3. The molecular weight excluding hydrogens is 383 g/mol. The van der Waals surface area contributed by atoms with Crippen LogP contribution in [0.3, 0.4) is 0 Å². The number of aliphatic imine (C=N–C) groups is 1. The highest BCUT2D eigenvalue weighted by Crippen LogP contribution is 2.31. The molecule has 2 atom stereocenters. The van der Waals surface area contributed by atoms with E-state index in [1.54, 1.807) is 32.4 Å². The summed E-state index contributed by atoms with van der Waals surface area (Å²) in [5.74, 6) is 2.05. The molecule has 0 spiro atoms. The van der Waals surface area contributed by atoms with Gasteiger partial charge < -0.3 is 25.0 Å². The van der Waals surface area contributed by atoms with Crippen molar-refractivity contribution < 1.29 is 13.9 Å². The lowest BCUT2D eigenvalue weighted by Gasteiger charge is -2.22. The number of nitrogens with zero attached hydrogens (tertiary/aromatic N) is 2. The van der Waals surface area contributed by atoms with E-state index in [2.05, 4.69) is 26.6 Å². The van der Waals surface area contributed by atoms with Crippen LogP contribution in [0.2, 0.25) is 0 Å². The summed E-state index contributed by atoms with van der Waals surface area (Å²) in [5, 5.41) is 6.65. The molecule has 0 aromatic heterocycles. The Balaban J connectivity index is 1.43. The highest BCUT2D eigenvalue weighted by atomic mass is 19.1. The molecule has 2 unspecified atom stereocenters. The van der Waals surface area contributed by atoms with Crippen molar-refractivity contribution in [2.75, 3.05) is 45.2 Å². The highest BCUT2D eigenvalue weighted by molar-refractivity contribution is 5.79. The van der Waals surface area contributed by atoms with E-state index >= 15 is 0 Å². The molecule has 6 nitrogen and oxygen atoms in total. The van der Waals surface area contributed by atoms with Gasteiger partial charge in [0.2, 0.25) is 0 Å². The summed E-state index contributed by atoms with van der Waals surface area (Å²) in [6, 6.07) is 14.6. The number of nitrogens with one attached hydrogen (secondary N) is 2. The number of hydrogen-bond acceptors (Lipinski definition) is 4. The van der Waals surface area contributed by atoms with Gasteiger partial charge in [-0.2, -0.15) is 0 Å². The fraction of sp³-hybridized carbons (Fsp3) is 0.435. The van der Waals surface area contributed by atoms with E-state index in [0.717, 1.165) is 43.5 Å². The van der Waals surface area contributed by atoms with Gasteiger partial charge in [-0.1, -0.05) is 24.3 Å². The van der Waals surface area contributed by atoms with Crippen LogP contribution >= 0.6 is 0 Å². The third-order valence-corrected chi connectivity index (χ3v) is 5.22. The van der Waals surface area contributed by atoms with Crippen molar-refractivity contribution in [3.05, 3.63) is 54.3 Å². The summed E-state index contributed by atoms with van der Waals surface area (Å²) in [6.45, 7) is 5.22. The van der Waals surface area contributed by atoms with Crippen LogP contribution < -0.4 is 25.0 Å². The molecule has 1 heterocycles. The number of rotatable bonds is 8. The first-order valence-corrected chi connectivity index (χ1v) is 10.3. The van der Waals surface area contributed by atoms with Gasteiger partial charge in [0.15, 0.2) is 17.5 Å². The van der Waals surface area contributed by atoms with E-state index in [0.29, 0.717) is 12.5 Å². The fourth-order valence-electron chi connectivity index (χ4n) is 3.61. The van der Waals surface area contributed by atoms with Crippen molar-refractivity contribution in [2.45, 2.75) is 19.4 Å². The fourth-order valence-corrected chi connectivity index (χ4v) is 3.61. The summed E-state index contributed by atoms with van der Waals surface area (Å²) in [5.41, 5.74) is 1.14. The maximum absolute atomic E-state index is 13.7. The molecule has 2 aromatic carbocycles. The lowest BCUT2D eigenvalue weighted by atomic mass is 10.1. The van der Waals surface area contributed by atoms with E-state index in [9.17, 15) is 4.39 Å². The Labute approximate surface area is 178 Å². The van der Waals surface area contributed by atoms with Crippen LogP contribution in [0.5, 0.6) is 11.5 Å². The van der Waals surface area contributed by atoms with Gasteiger partial charge in [-0.05, 0) is 43.5 Å². The normalized spacial score (nSPS) is 17.5. The number of hydrogen-bond donors (Lipinski definition) is 2. The van der Waals surface area contributed by atoms with Gasteiger partial charge in [0, 0.05) is 26.7 Å². The van der Waals surface area contributed by atoms with Gasteiger partial charge in [0.1, 0.15) is 11.9 Å². The van der Waals surface area contributed by atoms with E-state index in [4.69, 9.17) is 9.47 Å². The van der Waals surface area contributed by atoms with Crippen LogP contribution in [0.4, 0.5) is 10.1 Å². The lowest BCUT2D eigenvalue weighted by Crippen LogP contribution is -2.43. The molecule has 0 amide bonds. The third kappa shape index (κ3) is 5.78. The number of halogens is 1. The summed E-state index contributed by atoms with van der Waals surface area (Å²) in [6.07, 6.45) is 0.905. The second-order valence-corrected chi connectivity index (χ2v) is 7.47. The Bertz CT molecular complexity index is 845. The van der Waals surface area contributed by atoms with Gasteiger partial charge in [-0.15, -0.1) is 0 Å². The molecule has 2 aromatic rings. The number of methoxy groups -OCH3 is 1. The predicted octanol–water partition coefficient (Wildman–Crippen LogP) is 3.29. The van der Waals surface area contributed by atoms with Gasteiger partial charge in [-0.25, -0.2) is 4.39 Å². The van der Waals surface area contributed by atoms with Crippen molar-refractivity contribution in [2.24, 2.45) is 10.9 Å². The van der Waals surface area contributed by atoms with Gasteiger partial charge in [0.25, 0.3) is 0 Å². The van der Waals surface area contributed by atoms with Crippen molar-refractivity contribution in [3.8, 4) is 11.5 Å². The lowest BCUT2D eigenvalue weighted by molar-refractivity contribution is 0.214. The Morgan fingerprint density at radius 2 is 1.90 bits per heavy atom. The maximum atomic E-state index is 13.7. The standard InChI is InChI=1S/C23H31FN4O2/c1-17(30-21-10-6-4-8-19(21)24)14-26-23(25-2)27-15-18-12-13-28(16-18)20-9-5-7-11-22(20)29-3/h4-11,17-18H,12-16H2,1-3H3,(H2,25,26,27). The minimum absolute atomic E-state index is 0.201. The van der Waals surface area contributed by atoms with Crippen LogP contribution in [-0.4, -0.2) is 52.4 Å². The van der Waals surface area contributed by atoms with Gasteiger partial charge >= 0.3 is 0 Å². The zero-order chi connectivity index (χ0) is 21.3. The minimum atomic E-state index is -0.354. The highest BCUT2D eigenvalue weighted by Gasteiger charge is 2.24. The van der Waals surface area contributed by atoms with E-state index < -0.39 is 0 Å². The third-order valence-electron chi connectivity index (χ3n) is 5.22. The molecule has 162 valence electrons. The smallest absolute Gasteiger partial charge is 0.191 e. The second-order valence-electron chi connectivity index (χ2n) is 7.47. The maximum Gasteiger partial charge on any atom is 0.191 e. The number of ether oxygens (including phenoxy) is 2. The average molecular weight is 415 g/mol. The summed E-state index contributed by atoms with van der Waals surface area (Å²) in [4.78, 5) is 6.65. The first kappa shape index (κ1) is 21.7. The van der Waals surface area contributed by atoms with Crippen LogP contribution in [0.25, 0.3) is 0 Å². The van der Waals surface area contributed by atoms with E-state index in [-0.39, 0.29) is 17.7 Å². The van der Waals surface area contributed by atoms with Crippen LogP contribution in [0, 0.1) is 11.7 Å². The molecule has 2 N–H and O–H groups in total. The first-order chi connectivity index (χ1) is 14.6. The van der Waals surface area contributed by atoms with Crippen LogP contribution in [0.1, 0.15) is 13.3 Å². The number of benzene rings is 2. The Morgan fingerprint density at radius 1 is 1.17 bits per heavy atom. The molecule has 30 heavy (non-hydrogen) atoms. The molecule has 0 saturated carbocycles. The molecule has 1 fully saturated rings. The van der Waals surface area contributed by atoms with Gasteiger partial charge in [0.05, 0.1) is 19.3 Å². The number of para-hydroxylation sites is 3. The molecule has 0 radical (unpaired) electrons. The largest absolute Gasteiger partial charge is 0.495 e. The van der Waals surface area contributed by atoms with Gasteiger partial charge in [-0.3, -0.25) is 4.99 Å². The zero-order valence-electron chi connectivity index (χ0n) is 17.9. The molecule has 1 aliphatic rings. The topological polar surface area (TPSA) is 58.1 Å². The van der Waals surface area contributed by atoms with Crippen molar-refractivity contribution in [3.63, 3.8) is 0 Å². The second kappa shape index (κ2) is 10.7. The van der Waals surface area contributed by atoms with E-state index in [1.165, 1.54) is 6.07 Å². The molecule has 1 aliphatic heterocycles. The monoisotopic (exact) mass is 414 g/mol. The SMILES string of the molecule is CN=C(NCC1CCN(c2ccccc2OC)C1)NCC(C)Oc1ccccc1F. The van der Waals surface area contributed by atoms with E-state index in [1.807, 2.05) is 25.1 Å². The number of guanidine groups is 1. The summed E-state index contributed by atoms with van der Waals surface area (Å²) in [7, 11) is 3.45. The molecule has 0 bridgehead atoms. The molecular formula is C23H31FN4O2. The summed E-state index contributed by atoms with van der Waals surface area (Å²) >= 11 is 0. The van der Waals surface area contributed by atoms with Crippen LogP contribution in [0.15, 0.2) is 53.5 Å². The molecule has 0 aliphatic carbocycles. The van der Waals surface area contributed by atoms with Crippen LogP contribution in [-0.2, 0) is 0 Å². The zero-order valence-corrected chi connectivity index (χ0v) is 17.9. The molecule has 1 saturated heterocycles. The molecule has 3 rings (SSSR count). The minimum Gasteiger partial charge on any atom is -0.495 e. The quantitative estimate of drug-likeness (QED) is 0.513. The van der Waals surface area contributed by atoms with Crippen molar-refractivity contribution in [1.82, 2.24) is 10.6 Å². The van der Waals surface area contributed by atoms with Crippen molar-refractivity contribution in [1.29, 1.82) is 0 Å². The Kier molecular flexibility index (Phi) is 7.76. The number of anilines is 1. The van der Waals surface area contributed by atoms with Crippen molar-refractivity contribution >= 4 is 11.6 Å². The summed E-state index contributed by atoms with van der Waals surface area (Å²) < 4.78 is 24.9. The predicted molar refractivity (Wildman–Crippen MR) is 119 cm³/mol. The Morgan fingerprint density at radius 3 is 2.63 bits per heavy atom. The Hall–Kier alpha value is -2.96. The molecule has 7 heteroatoms.